The average Bonchev–Trinajstić information content (AvgIpc) is 3.47. The highest BCUT2D eigenvalue weighted by atomic mass is 32.1. The maximum absolute atomic E-state index is 12.3. The van der Waals surface area contributed by atoms with E-state index in [1.807, 2.05) is 47.8 Å². The number of ether oxygens (including phenoxy) is 2. The Kier molecular flexibility index (Phi) is 6.66. The van der Waals surface area contributed by atoms with Crippen LogP contribution in [-0.2, 0) is 24.5 Å². The van der Waals surface area contributed by atoms with Crippen LogP contribution in [0.2, 0.25) is 0 Å². The largest absolute Gasteiger partial charge is 0.493 e. The molecular weight excluding hydrogens is 430 g/mol. The molecule has 0 aliphatic rings. The van der Waals surface area contributed by atoms with Gasteiger partial charge in [-0.3, -0.25) is 4.79 Å². The van der Waals surface area contributed by atoms with E-state index in [1.165, 1.54) is 11.3 Å². The van der Waals surface area contributed by atoms with Gasteiger partial charge in [-0.05, 0) is 34.7 Å². The average molecular weight is 452 g/mol. The van der Waals surface area contributed by atoms with E-state index in [1.54, 1.807) is 25.3 Å². The molecule has 2 aromatic carbocycles. The number of carbonyl (C=O) groups is 1. The molecule has 0 fully saturated rings. The van der Waals surface area contributed by atoms with Gasteiger partial charge in [0.05, 0.1) is 12.0 Å². The molecule has 4 rings (SSSR count). The summed E-state index contributed by atoms with van der Waals surface area (Å²) >= 11 is 1.40. The SMILES string of the molecule is COc1cc(CNC(=O)Cn2nc(-c3cccs3)oc2=O)ccc1OCc1ccccc1. The van der Waals surface area contributed by atoms with Gasteiger partial charge in [0.1, 0.15) is 13.2 Å². The van der Waals surface area contributed by atoms with E-state index in [-0.39, 0.29) is 24.9 Å². The topological polar surface area (TPSA) is 95.6 Å². The Morgan fingerprint density at radius 1 is 1.09 bits per heavy atom. The third kappa shape index (κ3) is 5.25. The van der Waals surface area contributed by atoms with E-state index in [0.29, 0.717) is 18.1 Å². The molecule has 2 heterocycles. The first-order chi connectivity index (χ1) is 15.6. The van der Waals surface area contributed by atoms with Crippen molar-refractivity contribution < 1.29 is 18.7 Å². The van der Waals surface area contributed by atoms with Crippen molar-refractivity contribution in [2.45, 2.75) is 19.7 Å². The normalized spacial score (nSPS) is 10.7. The molecular formula is C23H21N3O5S. The first kappa shape index (κ1) is 21.4. The van der Waals surface area contributed by atoms with Gasteiger partial charge in [0.25, 0.3) is 5.89 Å². The molecule has 0 saturated heterocycles. The van der Waals surface area contributed by atoms with Crippen LogP contribution in [0.1, 0.15) is 11.1 Å². The molecule has 4 aromatic rings. The Morgan fingerprint density at radius 3 is 2.69 bits per heavy atom. The first-order valence-corrected chi connectivity index (χ1v) is 10.7. The second kappa shape index (κ2) is 9.97. The molecule has 0 unspecified atom stereocenters. The Balaban J connectivity index is 1.34. The second-order valence-electron chi connectivity index (χ2n) is 6.84. The van der Waals surface area contributed by atoms with Crippen molar-refractivity contribution in [2.24, 2.45) is 0 Å². The van der Waals surface area contributed by atoms with E-state index < -0.39 is 5.76 Å². The van der Waals surface area contributed by atoms with Gasteiger partial charge in [0.15, 0.2) is 11.5 Å². The predicted octanol–water partition coefficient (Wildman–Crippen LogP) is 3.47. The number of nitrogens with one attached hydrogen (secondary N) is 1. The molecule has 0 bridgehead atoms. The van der Waals surface area contributed by atoms with Gasteiger partial charge in [-0.1, -0.05) is 42.5 Å². The lowest BCUT2D eigenvalue weighted by atomic mass is 10.2. The summed E-state index contributed by atoms with van der Waals surface area (Å²) in [5.41, 5.74) is 1.88. The molecule has 0 aliphatic carbocycles. The Labute approximate surface area is 188 Å². The lowest BCUT2D eigenvalue weighted by Crippen LogP contribution is -2.31. The van der Waals surface area contributed by atoms with Crippen LogP contribution in [-0.4, -0.2) is 22.8 Å². The van der Waals surface area contributed by atoms with Crippen molar-refractivity contribution in [3.63, 3.8) is 0 Å². The van der Waals surface area contributed by atoms with Gasteiger partial charge in [-0.15, -0.1) is 16.4 Å². The summed E-state index contributed by atoms with van der Waals surface area (Å²) in [6, 6.07) is 18.9. The molecule has 0 aliphatic heterocycles. The lowest BCUT2D eigenvalue weighted by molar-refractivity contribution is -0.122. The molecule has 1 N–H and O–H groups in total. The summed E-state index contributed by atoms with van der Waals surface area (Å²) in [7, 11) is 1.56. The van der Waals surface area contributed by atoms with Crippen LogP contribution in [0.5, 0.6) is 11.5 Å². The van der Waals surface area contributed by atoms with Crippen LogP contribution in [0.4, 0.5) is 0 Å². The third-order valence-corrected chi connectivity index (χ3v) is 5.44. The highest BCUT2D eigenvalue weighted by Crippen LogP contribution is 2.29. The Bertz CT molecular complexity index is 1230. The molecule has 1 amide bonds. The molecule has 0 atom stereocenters. The van der Waals surface area contributed by atoms with Crippen LogP contribution in [0.15, 0.2) is 75.3 Å². The molecule has 164 valence electrons. The monoisotopic (exact) mass is 451 g/mol. The molecule has 0 saturated carbocycles. The lowest BCUT2D eigenvalue weighted by Gasteiger charge is -2.13. The minimum atomic E-state index is -0.676. The van der Waals surface area contributed by atoms with E-state index in [0.717, 1.165) is 20.7 Å². The summed E-state index contributed by atoms with van der Waals surface area (Å²) in [4.78, 5) is 25.0. The van der Waals surface area contributed by atoms with Crippen LogP contribution >= 0.6 is 11.3 Å². The standard InChI is InChI=1S/C23H21N3O5S/c1-29-19-12-17(9-10-18(19)30-15-16-6-3-2-4-7-16)13-24-21(27)14-26-23(28)31-22(25-26)20-8-5-11-32-20/h2-12H,13-15H2,1H3,(H,24,27). The summed E-state index contributed by atoms with van der Waals surface area (Å²) in [5.74, 6) is 0.350. The molecule has 2 aromatic heterocycles. The van der Waals surface area contributed by atoms with Crippen molar-refractivity contribution in [1.29, 1.82) is 0 Å². The number of carbonyl (C=O) groups excluding carboxylic acids is 1. The van der Waals surface area contributed by atoms with E-state index in [2.05, 4.69) is 10.4 Å². The fraction of sp³-hybridized carbons (Fsp3) is 0.174. The van der Waals surface area contributed by atoms with Crippen molar-refractivity contribution >= 4 is 17.2 Å². The Hall–Kier alpha value is -3.85. The minimum Gasteiger partial charge on any atom is -0.493 e. The zero-order chi connectivity index (χ0) is 22.3. The van der Waals surface area contributed by atoms with Gasteiger partial charge in [-0.2, -0.15) is 4.68 Å². The van der Waals surface area contributed by atoms with Crippen molar-refractivity contribution in [1.82, 2.24) is 15.1 Å². The number of aromatic nitrogens is 2. The Morgan fingerprint density at radius 2 is 1.94 bits per heavy atom. The zero-order valence-electron chi connectivity index (χ0n) is 17.3. The number of amides is 1. The summed E-state index contributed by atoms with van der Waals surface area (Å²) < 4.78 is 17.4. The smallest absolute Gasteiger partial charge is 0.437 e. The van der Waals surface area contributed by atoms with Gasteiger partial charge in [-0.25, -0.2) is 4.79 Å². The first-order valence-electron chi connectivity index (χ1n) is 9.84. The fourth-order valence-corrected chi connectivity index (χ4v) is 3.62. The number of benzene rings is 2. The number of thiophene rings is 1. The summed E-state index contributed by atoms with van der Waals surface area (Å²) in [5, 5.41) is 8.71. The molecule has 0 spiro atoms. The number of hydrogen-bond acceptors (Lipinski definition) is 7. The summed E-state index contributed by atoms with van der Waals surface area (Å²) in [6.45, 7) is 0.453. The maximum Gasteiger partial charge on any atom is 0.437 e. The van der Waals surface area contributed by atoms with Gasteiger partial charge < -0.3 is 19.2 Å². The van der Waals surface area contributed by atoms with E-state index >= 15 is 0 Å². The number of hydrogen-bond donors (Lipinski definition) is 1. The van der Waals surface area contributed by atoms with Gasteiger partial charge >= 0.3 is 5.76 Å². The second-order valence-corrected chi connectivity index (χ2v) is 7.79. The number of rotatable bonds is 9. The van der Waals surface area contributed by atoms with E-state index in [9.17, 15) is 9.59 Å². The maximum atomic E-state index is 12.3. The highest BCUT2D eigenvalue weighted by Gasteiger charge is 2.14. The van der Waals surface area contributed by atoms with Crippen molar-refractivity contribution in [3.8, 4) is 22.3 Å². The minimum absolute atomic E-state index is 0.202. The third-order valence-electron chi connectivity index (χ3n) is 4.59. The number of methoxy groups -OCH3 is 1. The van der Waals surface area contributed by atoms with Crippen LogP contribution in [0.3, 0.4) is 0 Å². The van der Waals surface area contributed by atoms with E-state index in [4.69, 9.17) is 13.9 Å². The molecule has 0 radical (unpaired) electrons. The molecule has 8 nitrogen and oxygen atoms in total. The van der Waals surface area contributed by atoms with Crippen molar-refractivity contribution in [3.05, 3.63) is 87.7 Å². The summed E-state index contributed by atoms with van der Waals surface area (Å²) in [6.07, 6.45) is 0. The van der Waals surface area contributed by atoms with Crippen LogP contribution < -0.4 is 20.5 Å². The van der Waals surface area contributed by atoms with Gasteiger partial charge in [0, 0.05) is 6.54 Å². The predicted molar refractivity (Wildman–Crippen MR) is 120 cm³/mol. The molecule has 9 heteroatoms. The fourth-order valence-electron chi connectivity index (χ4n) is 2.98. The van der Waals surface area contributed by atoms with Gasteiger partial charge in [0.2, 0.25) is 5.91 Å². The molecule has 32 heavy (non-hydrogen) atoms. The quantitative estimate of drug-likeness (QED) is 0.419. The zero-order valence-corrected chi connectivity index (χ0v) is 18.1. The van der Waals surface area contributed by atoms with Crippen LogP contribution in [0.25, 0.3) is 10.8 Å². The number of nitrogens with zero attached hydrogens (tertiary/aromatic N) is 2. The van der Waals surface area contributed by atoms with Crippen LogP contribution in [0, 0.1) is 0 Å². The highest BCUT2D eigenvalue weighted by molar-refractivity contribution is 7.13. The van der Waals surface area contributed by atoms with Crippen molar-refractivity contribution in [2.75, 3.05) is 7.11 Å².